The molecule has 0 atom stereocenters. The molecule has 1 aromatic heterocycles. The second-order valence-corrected chi connectivity index (χ2v) is 7.38. The normalized spacial score (nSPS) is 10.6. The molecule has 0 radical (unpaired) electrons. The van der Waals surface area contributed by atoms with Crippen molar-refractivity contribution in [1.82, 2.24) is 4.98 Å². The van der Waals surface area contributed by atoms with Gasteiger partial charge in [-0.05, 0) is 23.3 Å². The average molecular weight is 382 g/mol. The third-order valence-corrected chi connectivity index (χ3v) is 5.34. The number of thioether (sulfide) groups is 1. The van der Waals surface area contributed by atoms with Gasteiger partial charge in [-0.25, -0.2) is 4.98 Å². The highest BCUT2D eigenvalue weighted by atomic mass is 32.2. The Morgan fingerprint density at radius 2 is 1.25 bits per heavy atom. The molecular weight excluding hydrogens is 362 g/mol. The number of rotatable bonds is 6. The summed E-state index contributed by atoms with van der Waals surface area (Å²) in [7, 11) is 0. The predicted molar refractivity (Wildman–Crippen MR) is 117 cm³/mol. The minimum atomic E-state index is 0.110. The Hall–Kier alpha value is -3.17. The lowest BCUT2D eigenvalue weighted by molar-refractivity contribution is 0.102. The predicted octanol–water partition coefficient (Wildman–Crippen LogP) is 6.39. The average Bonchev–Trinajstić information content (AvgIpc) is 2.79. The number of hydrogen-bond acceptors (Lipinski definition) is 3. The lowest BCUT2D eigenvalue weighted by atomic mass is 10.0. The SMILES string of the molecule is O=C(CSc1cc(-c2ccccc2)cc(-c2ccccc2)n1)c1ccccc1. The molecule has 28 heavy (non-hydrogen) atoms. The number of carbonyl (C=O) groups is 1. The molecule has 3 heteroatoms. The molecule has 0 fully saturated rings. The van der Waals surface area contributed by atoms with Crippen LogP contribution in [0.25, 0.3) is 22.4 Å². The summed E-state index contributed by atoms with van der Waals surface area (Å²) < 4.78 is 0. The van der Waals surface area contributed by atoms with Gasteiger partial charge in [-0.1, -0.05) is 103 Å². The van der Waals surface area contributed by atoms with Crippen molar-refractivity contribution in [2.75, 3.05) is 5.75 Å². The topological polar surface area (TPSA) is 30.0 Å². The van der Waals surface area contributed by atoms with Crippen molar-refractivity contribution in [1.29, 1.82) is 0 Å². The first-order valence-electron chi connectivity index (χ1n) is 9.13. The van der Waals surface area contributed by atoms with Gasteiger partial charge >= 0.3 is 0 Å². The van der Waals surface area contributed by atoms with Gasteiger partial charge in [0.1, 0.15) is 0 Å². The molecule has 4 rings (SSSR count). The van der Waals surface area contributed by atoms with Gasteiger partial charge < -0.3 is 0 Å². The van der Waals surface area contributed by atoms with Crippen LogP contribution in [-0.4, -0.2) is 16.5 Å². The number of ketones is 1. The summed E-state index contributed by atoms with van der Waals surface area (Å²) in [6.45, 7) is 0. The molecule has 0 unspecified atom stereocenters. The van der Waals surface area contributed by atoms with Gasteiger partial charge in [-0.2, -0.15) is 0 Å². The van der Waals surface area contributed by atoms with E-state index in [4.69, 9.17) is 4.98 Å². The molecule has 2 nitrogen and oxygen atoms in total. The van der Waals surface area contributed by atoms with Crippen molar-refractivity contribution < 1.29 is 4.79 Å². The van der Waals surface area contributed by atoms with Crippen LogP contribution in [0.4, 0.5) is 0 Å². The molecule has 0 N–H and O–H groups in total. The third kappa shape index (κ3) is 4.38. The molecule has 0 aliphatic heterocycles. The number of Topliss-reactive ketones (excluding diaryl/α,β-unsaturated/α-hetero) is 1. The summed E-state index contributed by atoms with van der Waals surface area (Å²) in [6.07, 6.45) is 0. The first-order valence-corrected chi connectivity index (χ1v) is 10.1. The molecule has 0 spiro atoms. The molecular formula is C25H19NOS. The maximum absolute atomic E-state index is 12.5. The molecule has 0 amide bonds. The van der Waals surface area contributed by atoms with Crippen molar-refractivity contribution in [2.45, 2.75) is 5.03 Å². The van der Waals surface area contributed by atoms with Gasteiger partial charge in [-0.15, -0.1) is 0 Å². The highest BCUT2D eigenvalue weighted by molar-refractivity contribution is 7.99. The Balaban J connectivity index is 1.65. The van der Waals surface area contributed by atoms with Crippen LogP contribution in [0.3, 0.4) is 0 Å². The fraction of sp³-hybridized carbons (Fsp3) is 0.0400. The second-order valence-electron chi connectivity index (χ2n) is 6.39. The van der Waals surface area contributed by atoms with Gasteiger partial charge in [0.25, 0.3) is 0 Å². The van der Waals surface area contributed by atoms with Crippen molar-refractivity contribution in [3.63, 3.8) is 0 Å². The van der Waals surface area contributed by atoms with Crippen LogP contribution < -0.4 is 0 Å². The second kappa shape index (κ2) is 8.68. The monoisotopic (exact) mass is 381 g/mol. The first-order chi connectivity index (χ1) is 13.8. The summed E-state index contributed by atoms with van der Waals surface area (Å²) in [5, 5.41) is 0.851. The fourth-order valence-electron chi connectivity index (χ4n) is 2.98. The summed E-state index contributed by atoms with van der Waals surface area (Å²) >= 11 is 1.48. The fourth-order valence-corrected chi connectivity index (χ4v) is 3.80. The lowest BCUT2D eigenvalue weighted by Crippen LogP contribution is -2.02. The van der Waals surface area contributed by atoms with Crippen molar-refractivity contribution in [2.24, 2.45) is 0 Å². The molecule has 0 bridgehead atoms. The zero-order chi connectivity index (χ0) is 19.2. The molecule has 4 aromatic rings. The minimum absolute atomic E-state index is 0.110. The quantitative estimate of drug-likeness (QED) is 0.286. The molecule has 3 aromatic carbocycles. The highest BCUT2D eigenvalue weighted by Crippen LogP contribution is 2.30. The van der Waals surface area contributed by atoms with Gasteiger partial charge in [0.15, 0.2) is 5.78 Å². The Morgan fingerprint density at radius 3 is 1.89 bits per heavy atom. The van der Waals surface area contributed by atoms with Crippen LogP contribution in [0.5, 0.6) is 0 Å². The number of pyridine rings is 1. The van der Waals surface area contributed by atoms with E-state index in [1.807, 2.05) is 66.7 Å². The number of hydrogen-bond donors (Lipinski definition) is 0. The van der Waals surface area contributed by atoms with Crippen molar-refractivity contribution >= 4 is 17.5 Å². The largest absolute Gasteiger partial charge is 0.293 e. The zero-order valence-corrected chi connectivity index (χ0v) is 16.1. The Kier molecular flexibility index (Phi) is 5.64. The number of nitrogens with zero attached hydrogens (tertiary/aromatic N) is 1. The van der Waals surface area contributed by atoms with Gasteiger partial charge in [0, 0.05) is 11.1 Å². The smallest absolute Gasteiger partial charge is 0.173 e. The molecule has 1 heterocycles. The van der Waals surface area contributed by atoms with Gasteiger partial charge in [0.05, 0.1) is 16.5 Å². The van der Waals surface area contributed by atoms with E-state index < -0.39 is 0 Å². The van der Waals surface area contributed by atoms with E-state index in [9.17, 15) is 4.79 Å². The van der Waals surface area contributed by atoms with E-state index in [-0.39, 0.29) is 5.78 Å². The van der Waals surface area contributed by atoms with Crippen LogP contribution in [0.1, 0.15) is 10.4 Å². The van der Waals surface area contributed by atoms with E-state index in [1.54, 1.807) is 0 Å². The molecule has 136 valence electrons. The van der Waals surface area contributed by atoms with Crippen molar-refractivity contribution in [3.8, 4) is 22.4 Å². The van der Waals surface area contributed by atoms with Crippen LogP contribution in [0, 0.1) is 0 Å². The Bertz CT molecular complexity index is 1010. The molecule has 0 aliphatic carbocycles. The van der Waals surface area contributed by atoms with Crippen molar-refractivity contribution in [3.05, 3.63) is 109 Å². The summed E-state index contributed by atoms with van der Waals surface area (Å²) in [5.74, 6) is 0.475. The lowest BCUT2D eigenvalue weighted by Gasteiger charge is -2.09. The van der Waals surface area contributed by atoms with Crippen LogP contribution >= 0.6 is 11.8 Å². The minimum Gasteiger partial charge on any atom is -0.293 e. The maximum Gasteiger partial charge on any atom is 0.173 e. The van der Waals surface area contributed by atoms with E-state index in [1.165, 1.54) is 11.8 Å². The molecule has 0 aliphatic rings. The summed E-state index contributed by atoms with van der Waals surface area (Å²) in [5.41, 5.74) is 4.95. The maximum atomic E-state index is 12.5. The standard InChI is InChI=1S/C25H19NOS/c27-24(21-14-8-3-9-15-21)18-28-25-17-22(19-10-4-1-5-11-19)16-23(26-25)20-12-6-2-7-13-20/h1-17H,18H2. The number of aromatic nitrogens is 1. The molecule has 0 saturated heterocycles. The Labute approximate surface area is 169 Å². The first kappa shape index (κ1) is 18.2. The Morgan fingerprint density at radius 1 is 0.679 bits per heavy atom. The van der Waals surface area contributed by atoms with Gasteiger partial charge in [-0.3, -0.25) is 4.79 Å². The van der Waals surface area contributed by atoms with E-state index in [2.05, 4.69) is 36.4 Å². The number of carbonyl (C=O) groups excluding carboxylic acids is 1. The van der Waals surface area contributed by atoms with E-state index in [0.717, 1.165) is 33.0 Å². The third-order valence-electron chi connectivity index (χ3n) is 4.43. The highest BCUT2D eigenvalue weighted by Gasteiger charge is 2.10. The summed E-state index contributed by atoms with van der Waals surface area (Å²) in [4.78, 5) is 17.3. The zero-order valence-electron chi connectivity index (χ0n) is 15.3. The summed E-state index contributed by atoms with van der Waals surface area (Å²) in [6, 6.07) is 34.0. The van der Waals surface area contributed by atoms with Crippen LogP contribution in [0.15, 0.2) is 108 Å². The van der Waals surface area contributed by atoms with Gasteiger partial charge in [0.2, 0.25) is 0 Å². The van der Waals surface area contributed by atoms with Crippen LogP contribution in [0.2, 0.25) is 0 Å². The van der Waals surface area contributed by atoms with E-state index >= 15 is 0 Å². The number of benzene rings is 3. The van der Waals surface area contributed by atoms with E-state index in [0.29, 0.717) is 5.75 Å². The van der Waals surface area contributed by atoms with Crippen LogP contribution in [-0.2, 0) is 0 Å². The molecule has 0 saturated carbocycles.